The van der Waals surface area contributed by atoms with Crippen LogP contribution >= 0.6 is 11.3 Å². The Labute approximate surface area is 91.5 Å². The minimum Gasteiger partial charge on any atom is -0.301 e. The van der Waals surface area contributed by atoms with E-state index >= 15 is 0 Å². The second-order valence-corrected chi connectivity index (χ2v) is 5.58. The third-order valence-corrected chi connectivity index (χ3v) is 3.33. The van der Waals surface area contributed by atoms with E-state index in [1.807, 2.05) is 5.92 Å². The lowest BCUT2D eigenvalue weighted by Crippen LogP contribution is -2.24. The Morgan fingerprint density at radius 3 is 2.93 bits per heavy atom. The Hall–Kier alpha value is -1.39. The molecule has 5 nitrogen and oxygen atoms in total. The summed E-state index contributed by atoms with van der Waals surface area (Å²) in [6.45, 7) is 0. The summed E-state index contributed by atoms with van der Waals surface area (Å²) in [5, 5.41) is 4.40. The number of sulfone groups is 1. The molecule has 0 bridgehead atoms. The van der Waals surface area contributed by atoms with E-state index in [-0.39, 0.29) is 0 Å². The maximum atomic E-state index is 11.2. The van der Waals surface area contributed by atoms with Crippen molar-refractivity contribution in [2.24, 2.45) is 0 Å². The quantitative estimate of drug-likeness (QED) is 0.764. The highest BCUT2D eigenvalue weighted by Crippen LogP contribution is 2.09. The number of hydrogen-bond donors (Lipinski definition) is 1. The average molecular weight is 244 g/mol. The second kappa shape index (κ2) is 4.91. The van der Waals surface area contributed by atoms with Crippen LogP contribution < -0.4 is 5.32 Å². The normalized spacial score (nSPS) is 10.6. The van der Waals surface area contributed by atoms with Gasteiger partial charge in [0.25, 0.3) is 0 Å². The van der Waals surface area contributed by atoms with Gasteiger partial charge in [0.05, 0.1) is 0 Å². The first kappa shape index (κ1) is 11.7. The summed E-state index contributed by atoms with van der Waals surface area (Å²) in [6, 6.07) is 0. The molecule has 0 radical (unpaired) electrons. The fraction of sp³-hybridized carbons (Fsp3) is 0.250. The Balaban J connectivity index is 2.54. The van der Waals surface area contributed by atoms with Crippen molar-refractivity contribution in [3.05, 3.63) is 11.6 Å². The number of nitrogens with one attached hydrogen (secondary N) is 1. The van der Waals surface area contributed by atoms with Crippen LogP contribution in [0.25, 0.3) is 0 Å². The molecular formula is C8H8N2O3S2. The van der Waals surface area contributed by atoms with Crippen LogP contribution in [0.2, 0.25) is 0 Å². The Morgan fingerprint density at radius 1 is 1.67 bits per heavy atom. The van der Waals surface area contributed by atoms with Gasteiger partial charge in [0.1, 0.15) is 11.5 Å². The molecule has 15 heavy (non-hydrogen) atoms. The summed E-state index contributed by atoms with van der Waals surface area (Å²) in [4.78, 5) is 15.0. The molecular weight excluding hydrogens is 236 g/mol. The standard InChI is InChI=1S/C8H8N2O3S2/c1-2-5-15(12,13)6-7(11)10-8-9-3-4-14-8/h1,3-4H,5-6H2,(H,9,10,11). The highest BCUT2D eigenvalue weighted by atomic mass is 32.2. The second-order valence-electron chi connectivity index (χ2n) is 2.62. The first-order valence-corrected chi connectivity index (χ1v) is 6.57. The number of carbonyl (C=O) groups is 1. The topological polar surface area (TPSA) is 76.1 Å². The monoisotopic (exact) mass is 244 g/mol. The van der Waals surface area contributed by atoms with Crippen LogP contribution in [0.3, 0.4) is 0 Å². The molecule has 0 aliphatic rings. The van der Waals surface area contributed by atoms with Crippen LogP contribution in [0.15, 0.2) is 11.6 Å². The van der Waals surface area contributed by atoms with Crippen LogP contribution in [0, 0.1) is 12.3 Å². The number of hydrogen-bond acceptors (Lipinski definition) is 5. The zero-order valence-electron chi connectivity index (χ0n) is 7.63. The number of carbonyl (C=O) groups excluding carboxylic acids is 1. The first-order chi connectivity index (χ1) is 7.03. The highest BCUT2D eigenvalue weighted by Gasteiger charge is 2.15. The van der Waals surface area contributed by atoms with E-state index < -0.39 is 27.3 Å². The minimum atomic E-state index is -3.51. The van der Waals surface area contributed by atoms with Gasteiger partial charge >= 0.3 is 0 Å². The number of nitrogens with zero attached hydrogens (tertiary/aromatic N) is 1. The van der Waals surface area contributed by atoms with Crippen molar-refractivity contribution < 1.29 is 13.2 Å². The molecule has 0 fully saturated rings. The smallest absolute Gasteiger partial charge is 0.241 e. The highest BCUT2D eigenvalue weighted by molar-refractivity contribution is 7.92. The van der Waals surface area contributed by atoms with Crippen molar-refractivity contribution in [1.29, 1.82) is 0 Å². The fourth-order valence-electron chi connectivity index (χ4n) is 0.818. The average Bonchev–Trinajstić information content (AvgIpc) is 2.54. The molecule has 7 heteroatoms. The van der Waals surface area contributed by atoms with Gasteiger partial charge in [-0.1, -0.05) is 5.92 Å². The molecule has 0 saturated carbocycles. The summed E-state index contributed by atoms with van der Waals surface area (Å²) in [7, 11) is -3.51. The number of terminal acetylenes is 1. The predicted octanol–water partition coefficient (Wildman–Crippen LogP) is 0.130. The van der Waals surface area contributed by atoms with Crippen molar-refractivity contribution in [2.75, 3.05) is 16.8 Å². The van der Waals surface area contributed by atoms with Gasteiger partial charge in [-0.15, -0.1) is 17.8 Å². The Bertz CT molecular complexity index is 470. The molecule has 80 valence electrons. The lowest BCUT2D eigenvalue weighted by Gasteiger charge is -2.00. The van der Waals surface area contributed by atoms with E-state index in [0.717, 1.165) is 0 Å². The molecule has 1 heterocycles. The molecule has 1 aromatic heterocycles. The number of rotatable bonds is 4. The van der Waals surface area contributed by atoms with E-state index in [1.165, 1.54) is 17.5 Å². The molecule has 0 saturated heterocycles. The predicted molar refractivity (Wildman–Crippen MR) is 58.2 cm³/mol. The first-order valence-electron chi connectivity index (χ1n) is 3.87. The van der Waals surface area contributed by atoms with Gasteiger partial charge in [-0.05, 0) is 0 Å². The fourth-order valence-corrected chi connectivity index (χ4v) is 2.19. The van der Waals surface area contributed by atoms with E-state index in [2.05, 4.69) is 10.3 Å². The van der Waals surface area contributed by atoms with E-state index in [9.17, 15) is 13.2 Å². The van der Waals surface area contributed by atoms with E-state index in [0.29, 0.717) is 5.13 Å². The number of aromatic nitrogens is 1. The number of anilines is 1. The summed E-state index contributed by atoms with van der Waals surface area (Å²) < 4.78 is 22.3. The zero-order chi connectivity index (χ0) is 11.3. The van der Waals surface area contributed by atoms with Crippen molar-refractivity contribution in [3.63, 3.8) is 0 Å². The molecule has 0 spiro atoms. The largest absolute Gasteiger partial charge is 0.301 e. The van der Waals surface area contributed by atoms with Gasteiger partial charge in [0.15, 0.2) is 15.0 Å². The summed E-state index contributed by atoms with van der Waals surface area (Å²) in [5.74, 6) is 0.320. The van der Waals surface area contributed by atoms with Gasteiger partial charge in [0, 0.05) is 11.6 Å². The van der Waals surface area contributed by atoms with Crippen LogP contribution in [0.4, 0.5) is 5.13 Å². The van der Waals surface area contributed by atoms with Crippen LogP contribution in [0.1, 0.15) is 0 Å². The number of amides is 1. The number of thiazole rings is 1. The van der Waals surface area contributed by atoms with Gasteiger partial charge in [-0.3, -0.25) is 4.79 Å². The van der Waals surface area contributed by atoms with Crippen molar-refractivity contribution in [3.8, 4) is 12.3 Å². The molecule has 0 aliphatic heterocycles. The third kappa shape index (κ3) is 4.10. The SMILES string of the molecule is C#CCS(=O)(=O)CC(=O)Nc1nccs1. The molecule has 0 atom stereocenters. The summed E-state index contributed by atoms with van der Waals surface area (Å²) in [6.07, 6.45) is 6.37. The van der Waals surface area contributed by atoms with Crippen molar-refractivity contribution in [1.82, 2.24) is 4.98 Å². The maximum absolute atomic E-state index is 11.2. The molecule has 0 unspecified atom stereocenters. The van der Waals surface area contributed by atoms with Gasteiger partial charge in [-0.25, -0.2) is 13.4 Å². The van der Waals surface area contributed by atoms with Crippen LogP contribution in [0.5, 0.6) is 0 Å². The molecule has 1 amide bonds. The zero-order valence-corrected chi connectivity index (χ0v) is 9.27. The van der Waals surface area contributed by atoms with Crippen molar-refractivity contribution >= 4 is 32.2 Å². The van der Waals surface area contributed by atoms with Gasteiger partial charge < -0.3 is 5.32 Å². The summed E-state index contributed by atoms with van der Waals surface area (Å²) in [5.41, 5.74) is 0. The van der Waals surface area contributed by atoms with Gasteiger partial charge in [-0.2, -0.15) is 0 Å². The molecule has 1 N–H and O–H groups in total. The Kier molecular flexibility index (Phi) is 3.82. The lowest BCUT2D eigenvalue weighted by molar-refractivity contribution is -0.113. The molecule has 1 rings (SSSR count). The van der Waals surface area contributed by atoms with Crippen LogP contribution in [-0.2, 0) is 14.6 Å². The van der Waals surface area contributed by atoms with Crippen molar-refractivity contribution in [2.45, 2.75) is 0 Å². The molecule has 0 aliphatic carbocycles. The van der Waals surface area contributed by atoms with Gasteiger partial charge in [0.2, 0.25) is 5.91 Å². The lowest BCUT2D eigenvalue weighted by atomic mass is 10.7. The molecule has 0 aromatic carbocycles. The third-order valence-electron chi connectivity index (χ3n) is 1.33. The summed E-state index contributed by atoms with van der Waals surface area (Å²) >= 11 is 1.21. The Morgan fingerprint density at radius 2 is 2.40 bits per heavy atom. The van der Waals surface area contributed by atoms with E-state index in [1.54, 1.807) is 5.38 Å². The van der Waals surface area contributed by atoms with E-state index in [4.69, 9.17) is 6.42 Å². The maximum Gasteiger partial charge on any atom is 0.241 e. The minimum absolute atomic E-state index is 0.371. The van der Waals surface area contributed by atoms with Crippen LogP contribution in [-0.4, -0.2) is 30.8 Å². The molecule has 1 aromatic rings.